The van der Waals surface area contributed by atoms with Gasteiger partial charge in [-0.1, -0.05) is 123 Å². The van der Waals surface area contributed by atoms with E-state index < -0.39 is 0 Å². The van der Waals surface area contributed by atoms with E-state index >= 15 is 0 Å². The molecule has 0 aliphatic heterocycles. The van der Waals surface area contributed by atoms with Gasteiger partial charge in [0.1, 0.15) is 11.2 Å². The number of furan rings is 1. The number of rotatable bonds is 3. The topological polar surface area (TPSA) is 38.9 Å². The first-order valence-electron chi connectivity index (χ1n) is 16.0. The monoisotopic (exact) mass is 620 g/mol. The molecule has 0 atom stereocenters. The highest BCUT2D eigenvalue weighted by Crippen LogP contribution is 2.52. The van der Waals surface area contributed by atoms with E-state index in [9.17, 15) is 0 Å². The van der Waals surface area contributed by atoms with Crippen molar-refractivity contribution in [1.82, 2.24) is 9.97 Å². The van der Waals surface area contributed by atoms with E-state index in [-0.39, 0.29) is 5.41 Å². The van der Waals surface area contributed by atoms with Crippen molar-refractivity contribution in [3.05, 3.63) is 145 Å². The molecule has 0 bridgehead atoms. The number of thiophene rings is 1. The number of hydrogen-bond acceptors (Lipinski definition) is 4. The standard InChI is InChI=1S/C43H28N2OS/c1-43(2)32-19-6-3-13-27(32)39-28(16-10-20-33(39)43)34-24-35(29-17-9-15-26-25-12-5-8-23-38(25)47-41(26)29)45-42(44-34)31-18-11-22-37-40(31)30-14-4-7-21-36(30)46-37/h3-24H,1-2H3. The third-order valence-electron chi connectivity index (χ3n) is 9.93. The minimum atomic E-state index is -0.107. The van der Waals surface area contributed by atoms with Gasteiger partial charge >= 0.3 is 0 Å². The molecule has 0 fully saturated rings. The maximum Gasteiger partial charge on any atom is 0.161 e. The number of benzene rings is 6. The van der Waals surface area contributed by atoms with Gasteiger partial charge in [0.2, 0.25) is 0 Å². The largest absolute Gasteiger partial charge is 0.456 e. The number of aromatic nitrogens is 2. The maximum atomic E-state index is 6.30. The Morgan fingerprint density at radius 3 is 2.06 bits per heavy atom. The van der Waals surface area contributed by atoms with Gasteiger partial charge in [-0.25, -0.2) is 9.97 Å². The third kappa shape index (κ3) is 3.79. The summed E-state index contributed by atoms with van der Waals surface area (Å²) in [6, 6.07) is 47.3. The van der Waals surface area contributed by atoms with Gasteiger partial charge in [-0.05, 0) is 46.5 Å². The van der Waals surface area contributed by atoms with Gasteiger partial charge in [-0.3, -0.25) is 0 Å². The third-order valence-corrected chi connectivity index (χ3v) is 11.2. The minimum Gasteiger partial charge on any atom is -0.456 e. The van der Waals surface area contributed by atoms with E-state index in [2.05, 4.69) is 123 Å². The molecule has 4 heteroatoms. The molecule has 0 unspecified atom stereocenters. The molecular weight excluding hydrogens is 593 g/mol. The number of nitrogens with zero attached hydrogens (tertiary/aromatic N) is 2. The van der Waals surface area contributed by atoms with Crippen LogP contribution in [0.25, 0.3) is 87.1 Å². The Bertz CT molecular complexity index is 2730. The fraction of sp³-hybridized carbons (Fsp3) is 0.0698. The summed E-state index contributed by atoms with van der Waals surface area (Å²) in [5.74, 6) is 0.691. The first-order valence-corrected chi connectivity index (χ1v) is 16.8. The van der Waals surface area contributed by atoms with Crippen LogP contribution in [0.1, 0.15) is 25.0 Å². The van der Waals surface area contributed by atoms with E-state index in [0.717, 1.165) is 50.0 Å². The predicted molar refractivity (Wildman–Crippen MR) is 196 cm³/mol. The Labute approximate surface area is 275 Å². The van der Waals surface area contributed by atoms with Gasteiger partial charge in [0.25, 0.3) is 0 Å². The summed E-state index contributed by atoms with van der Waals surface area (Å²) in [4.78, 5) is 10.8. The molecule has 47 heavy (non-hydrogen) atoms. The lowest BCUT2D eigenvalue weighted by atomic mass is 9.82. The van der Waals surface area contributed by atoms with E-state index in [1.54, 1.807) is 0 Å². The number of para-hydroxylation sites is 1. The van der Waals surface area contributed by atoms with Crippen molar-refractivity contribution in [2.24, 2.45) is 0 Å². The first kappa shape index (κ1) is 26.6. The highest BCUT2D eigenvalue weighted by atomic mass is 32.1. The molecule has 9 aromatic rings. The van der Waals surface area contributed by atoms with Crippen LogP contribution in [0.15, 0.2) is 138 Å². The highest BCUT2D eigenvalue weighted by molar-refractivity contribution is 7.26. The van der Waals surface area contributed by atoms with E-state index in [4.69, 9.17) is 14.4 Å². The van der Waals surface area contributed by atoms with Crippen LogP contribution in [-0.4, -0.2) is 9.97 Å². The van der Waals surface area contributed by atoms with E-state index in [0.29, 0.717) is 5.82 Å². The van der Waals surface area contributed by atoms with Crippen molar-refractivity contribution in [2.75, 3.05) is 0 Å². The minimum absolute atomic E-state index is 0.107. The Balaban J connectivity index is 1.30. The molecule has 0 saturated heterocycles. The Morgan fingerprint density at radius 1 is 0.532 bits per heavy atom. The van der Waals surface area contributed by atoms with Crippen LogP contribution in [0, 0.1) is 0 Å². The van der Waals surface area contributed by atoms with Gasteiger partial charge in [-0.2, -0.15) is 0 Å². The summed E-state index contributed by atoms with van der Waals surface area (Å²) in [6.45, 7) is 4.65. The molecule has 3 nitrogen and oxygen atoms in total. The van der Waals surface area contributed by atoms with Crippen molar-refractivity contribution in [3.63, 3.8) is 0 Å². The van der Waals surface area contributed by atoms with Gasteiger partial charge in [0, 0.05) is 53.1 Å². The van der Waals surface area contributed by atoms with Crippen molar-refractivity contribution >= 4 is 53.4 Å². The Hall–Kier alpha value is -5.58. The van der Waals surface area contributed by atoms with Gasteiger partial charge in [0.05, 0.1) is 11.4 Å². The number of fused-ring (bicyclic) bond motifs is 9. The van der Waals surface area contributed by atoms with Crippen LogP contribution in [0.2, 0.25) is 0 Å². The van der Waals surface area contributed by atoms with Crippen LogP contribution in [0.3, 0.4) is 0 Å². The Kier molecular flexibility index (Phi) is 5.50. The molecule has 0 radical (unpaired) electrons. The molecule has 0 spiro atoms. The van der Waals surface area contributed by atoms with Crippen LogP contribution in [0.4, 0.5) is 0 Å². The Morgan fingerprint density at radius 2 is 1.15 bits per heavy atom. The second-order valence-corrected chi connectivity index (χ2v) is 14.0. The van der Waals surface area contributed by atoms with Crippen LogP contribution < -0.4 is 0 Å². The van der Waals surface area contributed by atoms with Gasteiger partial charge in [-0.15, -0.1) is 11.3 Å². The molecule has 1 aliphatic carbocycles. The van der Waals surface area contributed by atoms with E-state index in [1.807, 2.05) is 35.6 Å². The SMILES string of the molecule is CC1(C)c2ccccc2-c2c(-c3cc(-c4cccc5c4sc4ccccc45)nc(-c4cccc5oc6ccccc6c45)n3)cccc21. The summed E-state index contributed by atoms with van der Waals surface area (Å²) in [5.41, 5.74) is 11.8. The average molecular weight is 621 g/mol. The molecule has 1 aliphatic rings. The number of hydrogen-bond donors (Lipinski definition) is 0. The summed E-state index contributed by atoms with van der Waals surface area (Å²) in [7, 11) is 0. The zero-order valence-electron chi connectivity index (χ0n) is 25.9. The van der Waals surface area contributed by atoms with Gasteiger partial charge in [0.15, 0.2) is 5.82 Å². The maximum absolute atomic E-state index is 6.30. The lowest BCUT2D eigenvalue weighted by Crippen LogP contribution is -2.14. The zero-order chi connectivity index (χ0) is 31.3. The molecule has 222 valence electrons. The first-order chi connectivity index (χ1) is 23.1. The molecule has 3 heterocycles. The quantitative estimate of drug-likeness (QED) is 0.197. The molecule has 0 N–H and O–H groups in total. The van der Waals surface area contributed by atoms with Gasteiger partial charge < -0.3 is 4.42 Å². The summed E-state index contributed by atoms with van der Waals surface area (Å²) in [5, 5.41) is 4.63. The predicted octanol–water partition coefficient (Wildman–Crippen LogP) is 12.1. The average Bonchev–Trinajstić information content (AvgIpc) is 3.76. The molecule has 0 amide bonds. The smallest absolute Gasteiger partial charge is 0.161 e. The second-order valence-electron chi connectivity index (χ2n) is 12.9. The van der Waals surface area contributed by atoms with Crippen LogP contribution >= 0.6 is 11.3 Å². The molecule has 10 rings (SSSR count). The van der Waals surface area contributed by atoms with Crippen molar-refractivity contribution in [3.8, 4) is 45.0 Å². The molecule has 6 aromatic carbocycles. The highest BCUT2D eigenvalue weighted by Gasteiger charge is 2.37. The molecule has 0 saturated carbocycles. The molecular formula is C43H28N2OS. The summed E-state index contributed by atoms with van der Waals surface area (Å²) < 4.78 is 8.82. The van der Waals surface area contributed by atoms with Crippen molar-refractivity contribution < 1.29 is 4.42 Å². The second kappa shape index (κ2) is 9.71. The lowest BCUT2D eigenvalue weighted by molar-refractivity contribution is 0.660. The molecule has 3 aromatic heterocycles. The van der Waals surface area contributed by atoms with Crippen molar-refractivity contribution in [2.45, 2.75) is 19.3 Å². The summed E-state index contributed by atoms with van der Waals surface area (Å²) in [6.07, 6.45) is 0. The normalized spacial score (nSPS) is 13.5. The van der Waals surface area contributed by atoms with Crippen molar-refractivity contribution in [1.29, 1.82) is 0 Å². The lowest BCUT2D eigenvalue weighted by Gasteiger charge is -2.21. The van der Waals surface area contributed by atoms with E-state index in [1.165, 1.54) is 42.4 Å². The zero-order valence-corrected chi connectivity index (χ0v) is 26.7. The fourth-order valence-electron chi connectivity index (χ4n) is 7.72. The fourth-order valence-corrected chi connectivity index (χ4v) is 8.95. The van der Waals surface area contributed by atoms with Crippen LogP contribution in [0.5, 0.6) is 0 Å². The summed E-state index contributed by atoms with van der Waals surface area (Å²) >= 11 is 1.83. The van der Waals surface area contributed by atoms with Crippen LogP contribution in [-0.2, 0) is 5.41 Å².